The number of alkyl halides is 2. The Kier molecular flexibility index (Phi) is 6.19. The van der Waals surface area contributed by atoms with Crippen molar-refractivity contribution in [2.24, 2.45) is 0 Å². The smallest absolute Gasteiger partial charge is 0.387 e. The van der Waals surface area contributed by atoms with Gasteiger partial charge in [-0.15, -0.1) is 0 Å². The molecule has 1 aliphatic rings. The predicted octanol–water partition coefficient (Wildman–Crippen LogP) is 3.60. The Balaban J connectivity index is 1.88. The fourth-order valence-electron chi connectivity index (χ4n) is 2.98. The topological polar surface area (TPSA) is 32.8 Å². The molecule has 1 saturated heterocycles. The van der Waals surface area contributed by atoms with Crippen LogP contribution >= 0.6 is 0 Å². The number of benzene rings is 2. The second-order valence-electron chi connectivity index (χ2n) is 6.47. The predicted molar refractivity (Wildman–Crippen MR) is 101 cm³/mol. The molecule has 0 saturated carbocycles. The maximum absolute atomic E-state index is 13.1. The lowest BCUT2D eigenvalue weighted by Gasteiger charge is -2.33. The zero-order valence-electron chi connectivity index (χ0n) is 15.1. The summed E-state index contributed by atoms with van der Waals surface area (Å²) in [6.45, 7) is 0.188. The normalized spacial score (nSPS) is 15.9. The molecule has 1 aliphatic heterocycles. The number of hydrogen-bond donors (Lipinski definition) is 0. The van der Waals surface area contributed by atoms with Gasteiger partial charge in [-0.1, -0.05) is 42.5 Å². The zero-order chi connectivity index (χ0) is 19.2. The number of likely N-dealkylation sites (N-methyl/N-ethyl adjacent to an activating group) is 1. The number of ether oxygens (including phenoxy) is 1. The number of nitrogens with zero attached hydrogens (tertiary/aromatic N) is 2. The van der Waals surface area contributed by atoms with Gasteiger partial charge in [-0.25, -0.2) is 0 Å². The van der Waals surface area contributed by atoms with Crippen molar-refractivity contribution in [2.45, 2.75) is 6.61 Å². The van der Waals surface area contributed by atoms with Gasteiger partial charge in [0.05, 0.1) is 0 Å². The van der Waals surface area contributed by atoms with Crippen molar-refractivity contribution in [2.75, 3.05) is 33.2 Å². The van der Waals surface area contributed by atoms with Crippen LogP contribution in [0.25, 0.3) is 11.6 Å². The summed E-state index contributed by atoms with van der Waals surface area (Å²) >= 11 is 0. The molecule has 0 aliphatic carbocycles. The molecule has 2 aromatic carbocycles. The SMILES string of the molecule is CN1CCN(C(=O)C(=Cc2ccc(OC(F)F)cc2)c2ccccc2)CC1. The molecule has 1 amide bonds. The number of carbonyl (C=O) groups is 1. The van der Waals surface area contributed by atoms with Crippen molar-refractivity contribution < 1.29 is 18.3 Å². The highest BCUT2D eigenvalue weighted by Gasteiger charge is 2.23. The zero-order valence-corrected chi connectivity index (χ0v) is 15.1. The van der Waals surface area contributed by atoms with Gasteiger partial charge in [0.25, 0.3) is 5.91 Å². The van der Waals surface area contributed by atoms with Crippen molar-refractivity contribution in [1.82, 2.24) is 9.80 Å². The second-order valence-corrected chi connectivity index (χ2v) is 6.47. The van der Waals surface area contributed by atoms with E-state index in [4.69, 9.17) is 0 Å². The lowest BCUT2D eigenvalue weighted by molar-refractivity contribution is -0.126. The standard InChI is InChI=1S/C21H22F2N2O2/c1-24-11-13-25(14-12-24)20(26)19(17-5-3-2-4-6-17)15-16-7-9-18(10-8-16)27-21(22)23/h2-10,15,21H,11-14H2,1H3. The summed E-state index contributed by atoms with van der Waals surface area (Å²) in [6.07, 6.45) is 1.79. The van der Waals surface area contributed by atoms with E-state index in [2.05, 4.69) is 9.64 Å². The lowest BCUT2D eigenvalue weighted by Crippen LogP contribution is -2.47. The summed E-state index contributed by atoms with van der Waals surface area (Å²) in [4.78, 5) is 17.2. The summed E-state index contributed by atoms with van der Waals surface area (Å²) in [7, 11) is 2.04. The molecule has 0 atom stereocenters. The first-order valence-electron chi connectivity index (χ1n) is 8.83. The molecule has 0 bridgehead atoms. The first-order chi connectivity index (χ1) is 13.0. The van der Waals surface area contributed by atoms with Crippen molar-refractivity contribution in [1.29, 1.82) is 0 Å². The Morgan fingerprint density at radius 1 is 1.00 bits per heavy atom. The van der Waals surface area contributed by atoms with Crippen LogP contribution in [-0.2, 0) is 4.79 Å². The second kappa shape index (κ2) is 8.77. The van der Waals surface area contributed by atoms with E-state index >= 15 is 0 Å². The molecule has 3 rings (SSSR count). The third-order valence-electron chi connectivity index (χ3n) is 4.52. The highest BCUT2D eigenvalue weighted by molar-refractivity contribution is 6.24. The molecule has 0 unspecified atom stereocenters. The fourth-order valence-corrected chi connectivity index (χ4v) is 2.98. The van der Waals surface area contributed by atoms with Gasteiger partial charge in [0.15, 0.2) is 0 Å². The first kappa shape index (κ1) is 19.0. The van der Waals surface area contributed by atoms with E-state index < -0.39 is 6.61 Å². The number of rotatable bonds is 5. The van der Waals surface area contributed by atoms with Crippen molar-refractivity contribution in [3.05, 3.63) is 65.7 Å². The van der Waals surface area contributed by atoms with E-state index in [1.807, 2.05) is 42.3 Å². The molecule has 1 heterocycles. The van der Waals surface area contributed by atoms with E-state index in [0.29, 0.717) is 18.7 Å². The molecule has 6 heteroatoms. The van der Waals surface area contributed by atoms with Crippen molar-refractivity contribution >= 4 is 17.6 Å². The van der Waals surface area contributed by atoms with Gasteiger partial charge in [-0.05, 0) is 36.4 Å². The average molecular weight is 372 g/mol. The lowest BCUT2D eigenvalue weighted by atomic mass is 10.0. The highest BCUT2D eigenvalue weighted by Crippen LogP contribution is 2.23. The number of halogens is 2. The van der Waals surface area contributed by atoms with Crippen LogP contribution in [0.1, 0.15) is 11.1 Å². The summed E-state index contributed by atoms with van der Waals surface area (Å²) in [5.74, 6) is 0.0658. The number of hydrogen-bond acceptors (Lipinski definition) is 3. The van der Waals surface area contributed by atoms with E-state index in [-0.39, 0.29) is 11.7 Å². The van der Waals surface area contributed by atoms with Gasteiger partial charge in [0.1, 0.15) is 5.75 Å². The summed E-state index contributed by atoms with van der Waals surface area (Å²) in [5.41, 5.74) is 2.16. The third kappa shape index (κ3) is 5.14. The maximum Gasteiger partial charge on any atom is 0.387 e. The highest BCUT2D eigenvalue weighted by atomic mass is 19.3. The minimum Gasteiger partial charge on any atom is -0.435 e. The van der Waals surface area contributed by atoms with Crippen LogP contribution in [0.3, 0.4) is 0 Å². The molecular weight excluding hydrogens is 350 g/mol. The van der Waals surface area contributed by atoms with Crippen LogP contribution in [0, 0.1) is 0 Å². The quantitative estimate of drug-likeness (QED) is 0.594. The van der Waals surface area contributed by atoms with Gasteiger partial charge in [0.2, 0.25) is 0 Å². The van der Waals surface area contributed by atoms with E-state index in [0.717, 1.165) is 24.2 Å². The Hall–Kier alpha value is -2.73. The van der Waals surface area contributed by atoms with Crippen LogP contribution in [0.2, 0.25) is 0 Å². The van der Waals surface area contributed by atoms with Crippen LogP contribution < -0.4 is 4.74 Å². The molecule has 27 heavy (non-hydrogen) atoms. The molecular formula is C21H22F2N2O2. The molecule has 0 radical (unpaired) electrons. The van der Waals surface area contributed by atoms with Crippen LogP contribution in [0.5, 0.6) is 5.75 Å². The van der Waals surface area contributed by atoms with E-state index in [1.54, 1.807) is 18.2 Å². The van der Waals surface area contributed by atoms with Crippen LogP contribution in [0.15, 0.2) is 54.6 Å². The van der Waals surface area contributed by atoms with E-state index in [1.165, 1.54) is 12.1 Å². The molecule has 142 valence electrons. The Bertz CT molecular complexity index is 784. The summed E-state index contributed by atoms with van der Waals surface area (Å²) in [5, 5.41) is 0. The first-order valence-corrected chi connectivity index (χ1v) is 8.83. The number of piperazine rings is 1. The third-order valence-corrected chi connectivity index (χ3v) is 4.52. The Morgan fingerprint density at radius 3 is 2.22 bits per heavy atom. The average Bonchev–Trinajstić information content (AvgIpc) is 2.68. The molecule has 0 aromatic heterocycles. The molecule has 0 spiro atoms. The molecule has 4 nitrogen and oxygen atoms in total. The maximum atomic E-state index is 13.1. The monoisotopic (exact) mass is 372 g/mol. The summed E-state index contributed by atoms with van der Waals surface area (Å²) in [6, 6.07) is 15.7. The number of amides is 1. The summed E-state index contributed by atoms with van der Waals surface area (Å²) < 4.78 is 29.0. The van der Waals surface area contributed by atoms with Crippen molar-refractivity contribution in [3.8, 4) is 5.75 Å². The Labute approximate surface area is 157 Å². The van der Waals surface area contributed by atoms with Gasteiger partial charge in [0, 0.05) is 31.8 Å². The van der Waals surface area contributed by atoms with E-state index in [9.17, 15) is 13.6 Å². The minimum atomic E-state index is -2.86. The molecule has 1 fully saturated rings. The van der Waals surface area contributed by atoms with Gasteiger partial charge >= 0.3 is 6.61 Å². The van der Waals surface area contributed by atoms with Gasteiger partial charge < -0.3 is 14.5 Å². The Morgan fingerprint density at radius 2 is 1.63 bits per heavy atom. The fraction of sp³-hybridized carbons (Fsp3) is 0.286. The minimum absolute atomic E-state index is 0.0257. The van der Waals surface area contributed by atoms with Gasteiger partial charge in [-0.3, -0.25) is 4.79 Å². The number of carbonyl (C=O) groups excluding carboxylic acids is 1. The van der Waals surface area contributed by atoms with Crippen LogP contribution in [-0.4, -0.2) is 55.5 Å². The molecule has 0 N–H and O–H groups in total. The van der Waals surface area contributed by atoms with Crippen molar-refractivity contribution in [3.63, 3.8) is 0 Å². The van der Waals surface area contributed by atoms with Gasteiger partial charge in [-0.2, -0.15) is 8.78 Å². The molecule has 2 aromatic rings. The van der Waals surface area contributed by atoms with Crippen LogP contribution in [0.4, 0.5) is 8.78 Å². The largest absolute Gasteiger partial charge is 0.435 e.